The first kappa shape index (κ1) is 13.0. The van der Waals surface area contributed by atoms with Gasteiger partial charge in [0.2, 0.25) is 0 Å². The number of aromatic nitrogens is 4. The Balaban J connectivity index is 1.90. The molecule has 0 unspecified atom stereocenters. The number of rotatable bonds is 3. The molecule has 1 amide bonds. The number of hydrogen-bond donors (Lipinski definition) is 1. The highest BCUT2D eigenvalue weighted by Gasteiger charge is 2.13. The number of anilines is 1. The van der Waals surface area contributed by atoms with Crippen molar-refractivity contribution < 1.29 is 9.21 Å². The van der Waals surface area contributed by atoms with Gasteiger partial charge in [-0.3, -0.25) is 4.79 Å². The van der Waals surface area contributed by atoms with Crippen LogP contribution in [0.4, 0.5) is 5.69 Å². The van der Waals surface area contributed by atoms with Gasteiger partial charge in [0.15, 0.2) is 5.76 Å². The van der Waals surface area contributed by atoms with Gasteiger partial charge in [-0.25, -0.2) is 4.68 Å². The fourth-order valence-electron chi connectivity index (χ4n) is 2.02. The number of carbonyl (C=O) groups excluding carboxylic acids is 1. The molecule has 0 radical (unpaired) electrons. The zero-order valence-electron chi connectivity index (χ0n) is 11.6. The molecule has 106 valence electrons. The molecule has 0 spiro atoms. The molecule has 0 aliphatic rings. The summed E-state index contributed by atoms with van der Waals surface area (Å²) in [5.41, 5.74) is 2.34. The third-order valence-corrected chi connectivity index (χ3v) is 3.11. The van der Waals surface area contributed by atoms with Crippen molar-refractivity contribution in [1.29, 1.82) is 0 Å². The highest BCUT2D eigenvalue weighted by molar-refractivity contribution is 6.02. The number of tetrazole rings is 1. The molecular weight excluding hydrogens is 270 g/mol. The summed E-state index contributed by atoms with van der Waals surface area (Å²) in [6, 6.07) is 8.91. The second-order valence-corrected chi connectivity index (χ2v) is 4.57. The van der Waals surface area contributed by atoms with E-state index in [0.717, 1.165) is 11.3 Å². The van der Waals surface area contributed by atoms with Gasteiger partial charge >= 0.3 is 0 Å². The van der Waals surface area contributed by atoms with Gasteiger partial charge < -0.3 is 9.73 Å². The van der Waals surface area contributed by atoms with Gasteiger partial charge in [-0.15, -0.1) is 5.10 Å². The van der Waals surface area contributed by atoms with E-state index < -0.39 is 0 Å². The first-order valence-corrected chi connectivity index (χ1v) is 6.36. The fraction of sp³-hybridized carbons (Fsp3) is 0.143. The first-order valence-electron chi connectivity index (χ1n) is 6.36. The Bertz CT molecular complexity index is 777. The summed E-state index contributed by atoms with van der Waals surface area (Å²) < 4.78 is 6.85. The number of nitrogens with one attached hydrogen (secondary N) is 1. The van der Waals surface area contributed by atoms with Crippen LogP contribution in [0.2, 0.25) is 0 Å². The van der Waals surface area contributed by atoms with E-state index in [1.54, 1.807) is 23.7 Å². The molecule has 3 aromatic rings. The van der Waals surface area contributed by atoms with Gasteiger partial charge in [-0.2, -0.15) is 0 Å². The third kappa shape index (κ3) is 2.53. The summed E-state index contributed by atoms with van der Waals surface area (Å²) in [5, 5.41) is 13.9. The van der Waals surface area contributed by atoms with E-state index in [9.17, 15) is 4.79 Å². The van der Waals surface area contributed by atoms with Crippen molar-refractivity contribution in [3.8, 4) is 5.69 Å². The zero-order chi connectivity index (χ0) is 14.8. The highest BCUT2D eigenvalue weighted by Crippen LogP contribution is 2.22. The van der Waals surface area contributed by atoms with Gasteiger partial charge in [0.1, 0.15) is 12.1 Å². The predicted octanol–water partition coefficient (Wildman–Crippen LogP) is 2.12. The molecule has 0 atom stereocenters. The van der Waals surface area contributed by atoms with Crippen LogP contribution in [-0.2, 0) is 0 Å². The lowest BCUT2D eigenvalue weighted by atomic mass is 10.1. The molecule has 7 nitrogen and oxygen atoms in total. The lowest BCUT2D eigenvalue weighted by Crippen LogP contribution is -2.13. The van der Waals surface area contributed by atoms with E-state index in [-0.39, 0.29) is 11.7 Å². The molecule has 0 bridgehead atoms. The summed E-state index contributed by atoms with van der Waals surface area (Å²) in [7, 11) is 0. The second-order valence-electron chi connectivity index (χ2n) is 4.57. The van der Waals surface area contributed by atoms with Crippen molar-refractivity contribution in [2.75, 3.05) is 5.32 Å². The number of benzene rings is 1. The molecular formula is C14H13N5O2. The number of aryl methyl sites for hydroxylation is 1. The van der Waals surface area contributed by atoms with Crippen molar-refractivity contribution in [1.82, 2.24) is 20.2 Å². The molecule has 2 aromatic heterocycles. The Morgan fingerprint density at radius 1 is 1.24 bits per heavy atom. The van der Waals surface area contributed by atoms with Crippen molar-refractivity contribution in [2.45, 2.75) is 13.8 Å². The van der Waals surface area contributed by atoms with Crippen molar-refractivity contribution in [2.24, 2.45) is 0 Å². The summed E-state index contributed by atoms with van der Waals surface area (Å²) in [6.45, 7) is 3.68. The molecule has 0 fully saturated rings. The van der Waals surface area contributed by atoms with Gasteiger partial charge in [-0.05, 0) is 54.1 Å². The maximum absolute atomic E-state index is 12.1. The normalized spacial score (nSPS) is 10.6. The smallest absolute Gasteiger partial charge is 0.291 e. The Labute approximate surface area is 120 Å². The SMILES string of the molecule is Cc1ccc(C(=O)Nc2cccc(-n3cnnn3)c2C)o1. The molecule has 1 aromatic carbocycles. The van der Waals surface area contributed by atoms with Crippen molar-refractivity contribution in [3.63, 3.8) is 0 Å². The lowest BCUT2D eigenvalue weighted by Gasteiger charge is -2.11. The molecule has 0 saturated heterocycles. The van der Waals surface area contributed by atoms with Crippen LogP contribution in [0.5, 0.6) is 0 Å². The Morgan fingerprint density at radius 3 is 2.76 bits per heavy atom. The average Bonchev–Trinajstić information content (AvgIpc) is 3.12. The van der Waals surface area contributed by atoms with Gasteiger partial charge in [-0.1, -0.05) is 6.07 Å². The minimum atomic E-state index is -0.292. The molecule has 21 heavy (non-hydrogen) atoms. The Kier molecular flexibility index (Phi) is 3.23. The van der Waals surface area contributed by atoms with Crippen LogP contribution >= 0.6 is 0 Å². The van der Waals surface area contributed by atoms with Crippen molar-refractivity contribution >= 4 is 11.6 Å². The maximum Gasteiger partial charge on any atom is 0.291 e. The largest absolute Gasteiger partial charge is 0.456 e. The minimum absolute atomic E-state index is 0.278. The van der Waals surface area contributed by atoms with E-state index in [4.69, 9.17) is 4.42 Å². The Morgan fingerprint density at radius 2 is 2.10 bits per heavy atom. The van der Waals surface area contributed by atoms with E-state index in [1.165, 1.54) is 6.33 Å². The zero-order valence-corrected chi connectivity index (χ0v) is 11.6. The van der Waals surface area contributed by atoms with Crippen LogP contribution in [0.1, 0.15) is 21.9 Å². The quantitative estimate of drug-likeness (QED) is 0.795. The third-order valence-electron chi connectivity index (χ3n) is 3.11. The number of carbonyl (C=O) groups is 1. The minimum Gasteiger partial charge on any atom is -0.456 e. The van der Waals surface area contributed by atoms with E-state index in [2.05, 4.69) is 20.8 Å². The maximum atomic E-state index is 12.1. The van der Waals surface area contributed by atoms with Crippen LogP contribution < -0.4 is 5.32 Å². The molecule has 0 aliphatic carbocycles. The van der Waals surface area contributed by atoms with Crippen LogP contribution in [-0.4, -0.2) is 26.1 Å². The van der Waals surface area contributed by atoms with E-state index >= 15 is 0 Å². The average molecular weight is 283 g/mol. The predicted molar refractivity (Wildman–Crippen MR) is 75.3 cm³/mol. The van der Waals surface area contributed by atoms with Crippen LogP contribution in [0, 0.1) is 13.8 Å². The van der Waals surface area contributed by atoms with Gasteiger partial charge in [0.25, 0.3) is 5.91 Å². The van der Waals surface area contributed by atoms with Crippen molar-refractivity contribution in [3.05, 3.63) is 53.7 Å². The molecule has 3 rings (SSSR count). The second kappa shape index (κ2) is 5.20. The van der Waals surface area contributed by atoms with Crippen LogP contribution in [0.15, 0.2) is 41.1 Å². The number of nitrogens with zero attached hydrogens (tertiary/aromatic N) is 4. The molecule has 0 aliphatic heterocycles. The van der Waals surface area contributed by atoms with Gasteiger partial charge in [0.05, 0.1) is 5.69 Å². The number of furan rings is 1. The number of hydrogen-bond acceptors (Lipinski definition) is 5. The Hall–Kier alpha value is -2.96. The van der Waals surface area contributed by atoms with E-state index in [1.807, 2.05) is 25.1 Å². The molecule has 0 saturated carbocycles. The monoisotopic (exact) mass is 283 g/mol. The van der Waals surface area contributed by atoms with Crippen LogP contribution in [0.3, 0.4) is 0 Å². The van der Waals surface area contributed by atoms with Crippen LogP contribution in [0.25, 0.3) is 5.69 Å². The van der Waals surface area contributed by atoms with E-state index in [0.29, 0.717) is 11.4 Å². The fourth-order valence-corrected chi connectivity index (χ4v) is 2.02. The summed E-state index contributed by atoms with van der Waals surface area (Å²) >= 11 is 0. The molecule has 2 heterocycles. The summed E-state index contributed by atoms with van der Waals surface area (Å²) in [5.74, 6) is 0.680. The summed E-state index contributed by atoms with van der Waals surface area (Å²) in [6.07, 6.45) is 1.50. The highest BCUT2D eigenvalue weighted by atomic mass is 16.3. The van der Waals surface area contributed by atoms with Gasteiger partial charge in [0, 0.05) is 5.69 Å². The standard InChI is InChI=1S/C14H13N5O2/c1-9-6-7-13(21-9)14(20)16-11-4-3-5-12(10(11)2)19-8-15-17-18-19/h3-8H,1-2H3,(H,16,20). The topological polar surface area (TPSA) is 85.8 Å². The summed E-state index contributed by atoms with van der Waals surface area (Å²) in [4.78, 5) is 12.1. The lowest BCUT2D eigenvalue weighted by molar-refractivity contribution is 0.0995. The number of amides is 1. The first-order chi connectivity index (χ1) is 10.1. The molecule has 1 N–H and O–H groups in total. The molecule has 7 heteroatoms.